The quantitative estimate of drug-likeness (QED) is 0.556. The second-order valence-corrected chi connectivity index (χ2v) is 7.97. The largest absolute Gasteiger partial charge is 0.354 e. The minimum Gasteiger partial charge on any atom is -0.354 e. The van der Waals surface area contributed by atoms with Crippen LogP contribution in [0.4, 0.5) is 0 Å². The van der Waals surface area contributed by atoms with Crippen molar-refractivity contribution in [3.05, 3.63) is 36.2 Å². The van der Waals surface area contributed by atoms with Gasteiger partial charge in [0.25, 0.3) is 0 Å². The number of hydrogen-bond donors (Lipinski definition) is 1. The molecule has 1 aliphatic rings. The normalized spacial score (nSPS) is 16.8. The Bertz CT molecular complexity index is 824. The number of nitrogens with one attached hydrogen (secondary N) is 1. The van der Waals surface area contributed by atoms with Crippen molar-refractivity contribution in [2.75, 3.05) is 25.4 Å². The molecule has 9 heteroatoms. The van der Waals surface area contributed by atoms with Crippen molar-refractivity contribution in [2.24, 2.45) is 5.92 Å². The Morgan fingerprint density at radius 1 is 1.29 bits per heavy atom. The highest BCUT2D eigenvalue weighted by Gasteiger charge is 2.24. The lowest BCUT2D eigenvalue weighted by molar-refractivity contribution is -0.130. The standard InChI is InChI=1S/C19H26N6O2S/c1-14-5-6-21-19(23-14)28-13-18(27)25-8-3-4-16(11-25)10-22-17(26)12-24-9-7-20-15(24)2/h5-7,9,16H,3-4,8,10-13H2,1-2H3,(H,22,26). The van der Waals surface area contributed by atoms with Crippen LogP contribution in [0, 0.1) is 19.8 Å². The number of carbonyl (C=O) groups excluding carboxylic acids is 2. The van der Waals surface area contributed by atoms with Gasteiger partial charge < -0.3 is 14.8 Å². The Hall–Kier alpha value is -2.42. The summed E-state index contributed by atoms with van der Waals surface area (Å²) >= 11 is 1.37. The number of piperidine rings is 1. The van der Waals surface area contributed by atoms with E-state index in [4.69, 9.17) is 0 Å². The second kappa shape index (κ2) is 9.68. The molecule has 1 unspecified atom stereocenters. The second-order valence-electron chi connectivity index (χ2n) is 7.02. The SMILES string of the molecule is Cc1ccnc(SCC(=O)N2CCCC(CNC(=O)Cn3ccnc3C)C2)n1. The molecule has 1 fully saturated rings. The Balaban J connectivity index is 1.42. The topological polar surface area (TPSA) is 93.0 Å². The van der Waals surface area contributed by atoms with Crippen molar-refractivity contribution in [3.8, 4) is 0 Å². The van der Waals surface area contributed by atoms with Crippen molar-refractivity contribution >= 4 is 23.6 Å². The summed E-state index contributed by atoms with van der Waals surface area (Å²) in [6.45, 7) is 6.09. The number of amides is 2. The first-order valence-electron chi connectivity index (χ1n) is 9.46. The number of thioether (sulfide) groups is 1. The number of hydrogen-bond acceptors (Lipinski definition) is 6. The van der Waals surface area contributed by atoms with Gasteiger partial charge in [-0.25, -0.2) is 15.0 Å². The lowest BCUT2D eigenvalue weighted by atomic mass is 9.98. The summed E-state index contributed by atoms with van der Waals surface area (Å²) in [6, 6.07) is 1.84. The minimum absolute atomic E-state index is 0.0308. The number of carbonyl (C=O) groups is 2. The third-order valence-electron chi connectivity index (χ3n) is 4.79. The summed E-state index contributed by atoms with van der Waals surface area (Å²) < 4.78 is 1.82. The number of imidazole rings is 1. The van der Waals surface area contributed by atoms with Gasteiger partial charge in [-0.05, 0) is 38.7 Å². The Kier molecular flexibility index (Phi) is 7.02. The van der Waals surface area contributed by atoms with Crippen LogP contribution in [0.1, 0.15) is 24.4 Å². The van der Waals surface area contributed by atoms with E-state index in [-0.39, 0.29) is 24.3 Å². The molecule has 0 spiro atoms. The van der Waals surface area contributed by atoms with Crippen LogP contribution in [-0.4, -0.2) is 61.6 Å². The summed E-state index contributed by atoms with van der Waals surface area (Å²) in [6.07, 6.45) is 7.17. The van der Waals surface area contributed by atoms with Crippen LogP contribution in [0.5, 0.6) is 0 Å². The molecule has 1 saturated heterocycles. The van der Waals surface area contributed by atoms with Crippen LogP contribution in [0.2, 0.25) is 0 Å². The van der Waals surface area contributed by atoms with Crippen molar-refractivity contribution in [3.63, 3.8) is 0 Å². The van der Waals surface area contributed by atoms with Crippen molar-refractivity contribution < 1.29 is 9.59 Å². The highest BCUT2D eigenvalue weighted by atomic mass is 32.2. The number of aryl methyl sites for hydroxylation is 2. The number of rotatable bonds is 7. The van der Waals surface area contributed by atoms with E-state index < -0.39 is 0 Å². The lowest BCUT2D eigenvalue weighted by Gasteiger charge is -2.32. The summed E-state index contributed by atoms with van der Waals surface area (Å²) in [5.41, 5.74) is 0.893. The van der Waals surface area contributed by atoms with Crippen molar-refractivity contribution in [2.45, 2.75) is 38.4 Å². The lowest BCUT2D eigenvalue weighted by Crippen LogP contribution is -2.44. The van der Waals surface area contributed by atoms with Gasteiger partial charge in [-0.15, -0.1) is 0 Å². The summed E-state index contributed by atoms with van der Waals surface area (Å²) in [5.74, 6) is 1.50. The van der Waals surface area contributed by atoms with E-state index in [0.29, 0.717) is 24.0 Å². The Labute approximate surface area is 169 Å². The van der Waals surface area contributed by atoms with Gasteiger partial charge in [-0.1, -0.05) is 11.8 Å². The first-order valence-corrected chi connectivity index (χ1v) is 10.4. The molecule has 3 rings (SSSR count). The summed E-state index contributed by atoms with van der Waals surface area (Å²) in [5, 5.41) is 3.62. The molecule has 150 valence electrons. The molecule has 0 radical (unpaired) electrons. The van der Waals surface area contributed by atoms with E-state index >= 15 is 0 Å². The molecule has 2 aromatic heterocycles. The first kappa shape index (κ1) is 20.3. The Morgan fingerprint density at radius 3 is 2.89 bits per heavy atom. The third kappa shape index (κ3) is 5.79. The molecule has 1 atom stereocenters. The van der Waals surface area contributed by atoms with E-state index in [0.717, 1.165) is 30.9 Å². The van der Waals surface area contributed by atoms with E-state index in [1.54, 1.807) is 18.6 Å². The first-order chi connectivity index (χ1) is 13.5. The highest BCUT2D eigenvalue weighted by Crippen LogP contribution is 2.19. The fraction of sp³-hybridized carbons (Fsp3) is 0.526. The molecule has 2 aromatic rings. The van der Waals surface area contributed by atoms with Gasteiger partial charge in [0.1, 0.15) is 12.4 Å². The van der Waals surface area contributed by atoms with Crippen molar-refractivity contribution in [1.29, 1.82) is 0 Å². The van der Waals surface area contributed by atoms with Gasteiger partial charge in [0.05, 0.1) is 5.75 Å². The molecule has 0 aliphatic carbocycles. The maximum atomic E-state index is 12.5. The molecular formula is C19H26N6O2S. The van der Waals surface area contributed by atoms with Crippen LogP contribution < -0.4 is 5.32 Å². The maximum Gasteiger partial charge on any atom is 0.239 e. The maximum absolute atomic E-state index is 12.5. The molecule has 0 aromatic carbocycles. The zero-order chi connectivity index (χ0) is 19.9. The zero-order valence-corrected chi connectivity index (χ0v) is 17.1. The van der Waals surface area contributed by atoms with Crippen LogP contribution >= 0.6 is 11.8 Å². The van der Waals surface area contributed by atoms with Gasteiger partial charge >= 0.3 is 0 Å². The molecular weight excluding hydrogens is 376 g/mol. The number of nitrogens with zero attached hydrogens (tertiary/aromatic N) is 5. The molecule has 8 nitrogen and oxygen atoms in total. The van der Waals surface area contributed by atoms with E-state index in [1.807, 2.05) is 29.4 Å². The highest BCUT2D eigenvalue weighted by molar-refractivity contribution is 7.99. The van der Waals surface area contributed by atoms with Crippen molar-refractivity contribution in [1.82, 2.24) is 29.7 Å². The van der Waals surface area contributed by atoms with Crippen LogP contribution in [0.25, 0.3) is 0 Å². The molecule has 0 saturated carbocycles. The fourth-order valence-corrected chi connectivity index (χ4v) is 3.99. The molecule has 0 bridgehead atoms. The average molecular weight is 403 g/mol. The third-order valence-corrected chi connectivity index (χ3v) is 5.64. The minimum atomic E-state index is -0.0308. The van der Waals surface area contributed by atoms with Crippen LogP contribution in [0.3, 0.4) is 0 Å². The van der Waals surface area contributed by atoms with Gasteiger partial charge in [0.2, 0.25) is 11.8 Å². The summed E-state index contributed by atoms with van der Waals surface area (Å²) in [4.78, 5) is 39.2. The average Bonchev–Trinajstić information content (AvgIpc) is 3.09. The Morgan fingerprint density at radius 2 is 2.14 bits per heavy atom. The smallest absolute Gasteiger partial charge is 0.239 e. The van der Waals surface area contributed by atoms with Gasteiger partial charge in [-0.2, -0.15) is 0 Å². The number of likely N-dealkylation sites (tertiary alicyclic amines) is 1. The molecule has 3 heterocycles. The number of aromatic nitrogens is 4. The monoisotopic (exact) mass is 402 g/mol. The summed E-state index contributed by atoms with van der Waals surface area (Å²) in [7, 11) is 0. The van der Waals surface area contributed by atoms with Gasteiger partial charge in [0, 0.05) is 43.9 Å². The van der Waals surface area contributed by atoms with Crippen LogP contribution in [0.15, 0.2) is 29.8 Å². The fourth-order valence-electron chi connectivity index (χ4n) is 3.21. The predicted octanol–water partition coefficient (Wildman–Crippen LogP) is 1.44. The molecule has 1 aliphatic heterocycles. The zero-order valence-electron chi connectivity index (χ0n) is 16.3. The van der Waals surface area contributed by atoms with E-state index in [1.165, 1.54) is 11.8 Å². The predicted molar refractivity (Wildman–Crippen MR) is 107 cm³/mol. The molecule has 1 N–H and O–H groups in total. The van der Waals surface area contributed by atoms with Gasteiger partial charge in [-0.3, -0.25) is 9.59 Å². The van der Waals surface area contributed by atoms with Crippen LogP contribution in [-0.2, 0) is 16.1 Å². The molecule has 28 heavy (non-hydrogen) atoms. The van der Waals surface area contributed by atoms with E-state index in [9.17, 15) is 9.59 Å². The van der Waals surface area contributed by atoms with E-state index in [2.05, 4.69) is 20.3 Å². The molecule has 2 amide bonds. The van der Waals surface area contributed by atoms with Gasteiger partial charge in [0.15, 0.2) is 5.16 Å².